The molecule has 0 saturated carbocycles. The van der Waals surface area contributed by atoms with Gasteiger partial charge in [0.1, 0.15) is 16.9 Å². The summed E-state index contributed by atoms with van der Waals surface area (Å²) in [7, 11) is 0. The monoisotopic (exact) mass is 418 g/mol. The maximum absolute atomic E-state index is 12.5. The SMILES string of the molecule is CC(C)C1=NN2C(=N)/C(=C/c3ccc(O[C@@H](C)c4ccccc4)cc3)C(=O)N=C2S1. The van der Waals surface area contributed by atoms with Crippen molar-refractivity contribution < 1.29 is 9.53 Å². The van der Waals surface area contributed by atoms with E-state index in [-0.39, 0.29) is 23.4 Å². The quantitative estimate of drug-likeness (QED) is 0.685. The first-order chi connectivity index (χ1) is 14.4. The molecule has 2 aromatic rings. The first kappa shape index (κ1) is 20.1. The van der Waals surface area contributed by atoms with Gasteiger partial charge in [0.2, 0.25) is 5.17 Å². The number of hydrogen-bond acceptors (Lipinski definition) is 5. The second kappa shape index (κ2) is 8.28. The molecule has 2 aliphatic rings. The minimum Gasteiger partial charge on any atom is -0.486 e. The number of nitrogens with zero attached hydrogens (tertiary/aromatic N) is 3. The Labute approximate surface area is 179 Å². The van der Waals surface area contributed by atoms with Crippen molar-refractivity contribution in [3.63, 3.8) is 0 Å². The van der Waals surface area contributed by atoms with Gasteiger partial charge in [0.25, 0.3) is 5.91 Å². The Morgan fingerprint density at radius 3 is 2.43 bits per heavy atom. The lowest BCUT2D eigenvalue weighted by Crippen LogP contribution is -2.35. The van der Waals surface area contributed by atoms with Crippen LogP contribution in [0.4, 0.5) is 0 Å². The molecular weight excluding hydrogens is 396 g/mol. The summed E-state index contributed by atoms with van der Waals surface area (Å²) >= 11 is 1.34. The summed E-state index contributed by atoms with van der Waals surface area (Å²) in [6.45, 7) is 6.05. The summed E-state index contributed by atoms with van der Waals surface area (Å²) in [4.78, 5) is 16.6. The Morgan fingerprint density at radius 1 is 1.07 bits per heavy atom. The predicted octanol–water partition coefficient (Wildman–Crippen LogP) is 5.10. The van der Waals surface area contributed by atoms with Crippen molar-refractivity contribution in [2.24, 2.45) is 16.0 Å². The maximum atomic E-state index is 12.5. The number of amidine groups is 2. The van der Waals surface area contributed by atoms with Gasteiger partial charge < -0.3 is 4.74 Å². The van der Waals surface area contributed by atoms with Gasteiger partial charge in [-0.3, -0.25) is 10.2 Å². The number of carbonyl (C=O) groups excluding carboxylic acids is 1. The average Bonchev–Trinajstić information content (AvgIpc) is 3.17. The van der Waals surface area contributed by atoms with Crippen LogP contribution < -0.4 is 4.74 Å². The zero-order chi connectivity index (χ0) is 21.3. The number of fused-ring (bicyclic) bond motifs is 1. The van der Waals surface area contributed by atoms with Gasteiger partial charge in [-0.15, -0.1) is 0 Å². The molecule has 7 heteroatoms. The largest absolute Gasteiger partial charge is 0.486 e. The second-order valence-corrected chi connectivity index (χ2v) is 8.34. The highest BCUT2D eigenvalue weighted by atomic mass is 32.2. The number of aliphatic imine (C=N–C) groups is 1. The van der Waals surface area contributed by atoms with Crippen molar-refractivity contribution in [2.75, 3.05) is 0 Å². The van der Waals surface area contributed by atoms with Gasteiger partial charge in [-0.2, -0.15) is 15.1 Å². The molecule has 2 aromatic carbocycles. The third-order valence-corrected chi connectivity index (χ3v) is 5.95. The van der Waals surface area contributed by atoms with Crippen molar-refractivity contribution in [1.29, 1.82) is 5.41 Å². The normalized spacial score (nSPS) is 18.4. The number of benzene rings is 2. The number of ether oxygens (including phenoxy) is 1. The van der Waals surface area contributed by atoms with Gasteiger partial charge in [-0.25, -0.2) is 0 Å². The number of hydrazone groups is 1. The Hall–Kier alpha value is -3.19. The minimum atomic E-state index is -0.419. The molecule has 0 radical (unpaired) electrons. The lowest BCUT2D eigenvalue weighted by Gasteiger charge is -2.20. The van der Waals surface area contributed by atoms with E-state index in [1.807, 2.05) is 75.4 Å². The highest BCUT2D eigenvalue weighted by Gasteiger charge is 2.36. The van der Waals surface area contributed by atoms with Gasteiger partial charge >= 0.3 is 0 Å². The lowest BCUT2D eigenvalue weighted by atomic mass is 10.1. The average molecular weight is 419 g/mol. The van der Waals surface area contributed by atoms with E-state index in [1.54, 1.807) is 6.08 Å². The van der Waals surface area contributed by atoms with Gasteiger partial charge in [0.15, 0.2) is 5.84 Å². The van der Waals surface area contributed by atoms with E-state index in [4.69, 9.17) is 10.1 Å². The fourth-order valence-corrected chi connectivity index (χ4v) is 3.94. The minimum absolute atomic E-state index is 0.0474. The zero-order valence-electron chi connectivity index (χ0n) is 17.0. The molecule has 0 aliphatic carbocycles. The van der Waals surface area contributed by atoms with Crippen LogP contribution in [0.3, 0.4) is 0 Å². The van der Waals surface area contributed by atoms with Gasteiger partial charge in [-0.05, 0) is 48.0 Å². The molecule has 0 saturated heterocycles. The van der Waals surface area contributed by atoms with Gasteiger partial charge in [0, 0.05) is 5.92 Å². The zero-order valence-corrected chi connectivity index (χ0v) is 17.8. The molecule has 0 spiro atoms. The first-order valence-electron chi connectivity index (χ1n) is 9.74. The van der Waals surface area contributed by atoms with E-state index in [0.717, 1.165) is 21.9 Å². The molecule has 1 atom stereocenters. The molecule has 2 heterocycles. The predicted molar refractivity (Wildman–Crippen MR) is 122 cm³/mol. The van der Waals surface area contributed by atoms with Crippen LogP contribution in [-0.4, -0.2) is 27.0 Å². The van der Waals surface area contributed by atoms with E-state index < -0.39 is 5.91 Å². The van der Waals surface area contributed by atoms with E-state index in [0.29, 0.717) is 5.17 Å². The molecular formula is C23H22N4O2S. The van der Waals surface area contributed by atoms with Gasteiger partial charge in [0.05, 0.1) is 5.57 Å². The van der Waals surface area contributed by atoms with Crippen LogP contribution in [0, 0.1) is 11.3 Å². The summed E-state index contributed by atoms with van der Waals surface area (Å²) < 4.78 is 6.00. The topological polar surface area (TPSA) is 78.1 Å². The molecule has 2 aliphatic heterocycles. The highest BCUT2D eigenvalue weighted by Crippen LogP contribution is 2.31. The smallest absolute Gasteiger partial charge is 0.283 e. The number of carbonyl (C=O) groups is 1. The van der Waals surface area contributed by atoms with Crippen LogP contribution in [0.2, 0.25) is 0 Å². The van der Waals surface area contributed by atoms with Crippen LogP contribution in [0.1, 0.15) is 38.0 Å². The van der Waals surface area contributed by atoms with E-state index in [2.05, 4.69) is 10.1 Å². The van der Waals surface area contributed by atoms with Crippen molar-refractivity contribution in [1.82, 2.24) is 5.01 Å². The molecule has 0 aromatic heterocycles. The molecule has 30 heavy (non-hydrogen) atoms. The molecule has 1 amide bonds. The molecule has 6 nitrogen and oxygen atoms in total. The van der Waals surface area contributed by atoms with Crippen LogP contribution >= 0.6 is 11.8 Å². The maximum Gasteiger partial charge on any atom is 0.283 e. The van der Waals surface area contributed by atoms with E-state index >= 15 is 0 Å². The van der Waals surface area contributed by atoms with Crippen molar-refractivity contribution in [2.45, 2.75) is 26.9 Å². The van der Waals surface area contributed by atoms with Gasteiger partial charge in [-0.1, -0.05) is 56.3 Å². The summed E-state index contributed by atoms with van der Waals surface area (Å²) in [5.41, 5.74) is 2.12. The van der Waals surface area contributed by atoms with Crippen molar-refractivity contribution >= 4 is 39.8 Å². The van der Waals surface area contributed by atoms with E-state index in [1.165, 1.54) is 16.8 Å². The fourth-order valence-electron chi connectivity index (χ4n) is 3.05. The first-order valence-corrected chi connectivity index (χ1v) is 10.6. The van der Waals surface area contributed by atoms with E-state index in [9.17, 15) is 4.79 Å². The Bertz CT molecular complexity index is 1070. The third-order valence-electron chi connectivity index (χ3n) is 4.74. The van der Waals surface area contributed by atoms with Crippen molar-refractivity contribution in [3.8, 4) is 5.75 Å². The molecule has 0 bridgehead atoms. The molecule has 0 unspecified atom stereocenters. The number of hydrogen-bond donors (Lipinski definition) is 1. The Kier molecular flexibility index (Phi) is 5.55. The van der Waals surface area contributed by atoms with Crippen LogP contribution in [0.25, 0.3) is 6.08 Å². The highest BCUT2D eigenvalue weighted by molar-refractivity contribution is 8.27. The lowest BCUT2D eigenvalue weighted by molar-refractivity contribution is -0.114. The number of thioether (sulfide) groups is 1. The third kappa shape index (κ3) is 4.07. The molecule has 0 fully saturated rings. The molecule has 1 N–H and O–H groups in total. The number of amides is 1. The Balaban J connectivity index is 1.51. The summed E-state index contributed by atoms with van der Waals surface area (Å²) in [5, 5.41) is 15.6. The molecule has 4 rings (SSSR count). The summed E-state index contributed by atoms with van der Waals surface area (Å²) in [6, 6.07) is 17.5. The summed E-state index contributed by atoms with van der Waals surface area (Å²) in [6.07, 6.45) is 1.60. The number of rotatable bonds is 5. The summed E-state index contributed by atoms with van der Waals surface area (Å²) in [5.74, 6) is 0.577. The van der Waals surface area contributed by atoms with Crippen LogP contribution in [-0.2, 0) is 4.79 Å². The standard InChI is InChI=1S/C23H22N4O2S/c1-14(2)22-26-27-20(24)19(21(28)25-23(27)30-22)13-16-9-11-18(12-10-16)29-15(3)17-7-5-4-6-8-17/h4-15,24H,1-3H3/b19-13-,24-20?/t15-/m0/s1. The Morgan fingerprint density at radius 2 is 1.77 bits per heavy atom. The van der Waals surface area contributed by atoms with Crippen molar-refractivity contribution in [3.05, 3.63) is 71.3 Å². The number of nitrogens with one attached hydrogen (secondary N) is 1. The van der Waals surface area contributed by atoms with Crippen LogP contribution in [0.5, 0.6) is 5.75 Å². The second-order valence-electron chi connectivity index (χ2n) is 7.35. The fraction of sp³-hybridized carbons (Fsp3) is 0.217. The molecule has 152 valence electrons. The van der Waals surface area contributed by atoms with Crippen LogP contribution in [0.15, 0.2) is 70.3 Å².